The smallest absolute Gasteiger partial charge is 0.282 e. The van der Waals surface area contributed by atoms with Gasteiger partial charge in [-0.1, -0.05) is 82.0 Å². The van der Waals surface area contributed by atoms with Crippen LogP contribution in [0.2, 0.25) is 0 Å². The Hall–Kier alpha value is -4.00. The van der Waals surface area contributed by atoms with Crippen LogP contribution in [0.4, 0.5) is 0 Å². The molecule has 1 aliphatic rings. The lowest BCUT2D eigenvalue weighted by Gasteiger charge is -2.13. The van der Waals surface area contributed by atoms with Crippen LogP contribution in [0.1, 0.15) is 105 Å². The van der Waals surface area contributed by atoms with E-state index in [0.29, 0.717) is 23.7 Å². The van der Waals surface area contributed by atoms with Crippen molar-refractivity contribution in [2.45, 2.75) is 104 Å². The zero-order valence-corrected chi connectivity index (χ0v) is 34.0. The summed E-state index contributed by atoms with van der Waals surface area (Å²) in [5.41, 5.74) is 2.81. The van der Waals surface area contributed by atoms with Crippen molar-refractivity contribution in [2.24, 2.45) is 25.9 Å². The van der Waals surface area contributed by atoms with E-state index in [9.17, 15) is 34.4 Å². The van der Waals surface area contributed by atoms with E-state index in [1.54, 1.807) is 90.2 Å². The number of rotatable bonds is 10. The fourth-order valence-corrected chi connectivity index (χ4v) is 8.21. The predicted molar refractivity (Wildman–Crippen MR) is 221 cm³/mol. The molecule has 4 aromatic rings. The van der Waals surface area contributed by atoms with Gasteiger partial charge in [0.15, 0.2) is 24.6 Å². The van der Waals surface area contributed by atoms with Crippen LogP contribution in [0.3, 0.4) is 0 Å². The number of aryl methyl sites for hydroxylation is 2. The van der Waals surface area contributed by atoms with Crippen LogP contribution < -0.4 is 9.13 Å². The topological polar surface area (TPSA) is 184 Å². The van der Waals surface area contributed by atoms with Crippen molar-refractivity contribution >= 4 is 36.6 Å². The zero-order valence-electron chi connectivity index (χ0n) is 31.5. The summed E-state index contributed by atoms with van der Waals surface area (Å²) in [6.45, 7) is 13.9. The maximum atomic E-state index is 11.6. The molecule has 0 saturated carbocycles. The Kier molecular flexibility index (Phi) is 19.5. The molecule has 0 aliphatic carbocycles. The standard InChI is InChI=1S/C15H19NO3S.C13H16N2O3S.C8H14N2O3S.3CH4/c1-11(2)13-4-5-14(15(8-13)20(17,18)19)10-16-7-6-12(3)9-16;1-10(2)11-4-5-12(13(8-11)19(16,17)18)15-7-6-14(3)9-15;1-7(2)8(14(11,12)13)10-5-4-9(3)6-10;;;/h4-9,11-12H,10H2,1-3H3;4-10H,1-3H3;4-8H,1-3H3;3*1H4/p+3. The van der Waals surface area contributed by atoms with Crippen LogP contribution in [0.25, 0.3) is 5.69 Å². The molecule has 2 atom stereocenters. The maximum Gasteiger partial charge on any atom is 0.307 e. The third-order valence-electron chi connectivity index (χ3n) is 8.33. The van der Waals surface area contributed by atoms with Crippen molar-refractivity contribution in [3.63, 3.8) is 0 Å². The molecule has 0 saturated heterocycles. The van der Waals surface area contributed by atoms with Gasteiger partial charge in [-0.25, -0.2) is 22.8 Å². The molecule has 2 aromatic heterocycles. The fraction of sp³-hybridized carbons (Fsp3) is 0.462. The molecule has 314 valence electrons. The molecule has 3 N–H and O–H groups in total. The number of nitrogens with zero attached hydrogens (tertiary/aromatic N) is 5. The SMILES string of the molecule is C.C.C.CC(C)C(n1cc[n+](C)c1)S(=O)(=O)O.CC(C)c1ccc(-n2cc[n+](C)c2)c(S(=O)(=O)O)c1.CC1C=C[N+](Cc2ccc(C(C)C)cc2S(=O)(=O)O)=C1. The van der Waals surface area contributed by atoms with Gasteiger partial charge in [-0.05, 0) is 54.2 Å². The minimum atomic E-state index is -4.26. The van der Waals surface area contributed by atoms with Crippen molar-refractivity contribution < 1.29 is 52.6 Å². The first-order chi connectivity index (χ1) is 24.4. The molecule has 2 aromatic carbocycles. The van der Waals surface area contributed by atoms with Gasteiger partial charge in [0.05, 0.1) is 20.0 Å². The van der Waals surface area contributed by atoms with Gasteiger partial charge in [0.2, 0.25) is 18.0 Å². The van der Waals surface area contributed by atoms with Gasteiger partial charge in [-0.15, -0.1) is 0 Å². The van der Waals surface area contributed by atoms with Crippen LogP contribution in [0.15, 0.2) is 95.9 Å². The molecule has 17 heteroatoms. The predicted octanol–water partition coefficient (Wildman–Crippen LogP) is 6.74. The largest absolute Gasteiger partial charge is 0.307 e. The third-order valence-corrected chi connectivity index (χ3v) is 11.5. The normalized spacial score (nSPS) is 14.4. The van der Waals surface area contributed by atoms with E-state index >= 15 is 0 Å². The summed E-state index contributed by atoms with van der Waals surface area (Å²) in [7, 11) is -8.89. The van der Waals surface area contributed by atoms with E-state index in [-0.39, 0.29) is 49.8 Å². The van der Waals surface area contributed by atoms with E-state index in [1.807, 2.05) is 69.9 Å². The van der Waals surface area contributed by atoms with E-state index in [1.165, 1.54) is 10.6 Å². The number of hydrogen-bond donors (Lipinski definition) is 3. The van der Waals surface area contributed by atoms with Gasteiger partial charge in [0, 0.05) is 11.5 Å². The molecule has 0 fully saturated rings. The number of allylic oxidation sites excluding steroid dienone is 1. The summed E-state index contributed by atoms with van der Waals surface area (Å²) in [6, 6.07) is 10.4. The summed E-state index contributed by atoms with van der Waals surface area (Å²) in [5, 5.41) is -0.913. The van der Waals surface area contributed by atoms with Gasteiger partial charge in [0.25, 0.3) is 20.2 Å². The van der Waals surface area contributed by atoms with Crippen LogP contribution in [0, 0.1) is 11.8 Å². The van der Waals surface area contributed by atoms with E-state index < -0.39 is 35.7 Å². The lowest BCUT2D eigenvalue weighted by molar-refractivity contribution is -0.671. The Labute approximate surface area is 335 Å². The Morgan fingerprint density at radius 2 is 1.21 bits per heavy atom. The summed E-state index contributed by atoms with van der Waals surface area (Å²) in [6.07, 6.45) is 16.2. The molecule has 0 bridgehead atoms. The van der Waals surface area contributed by atoms with Crippen LogP contribution in [-0.2, 0) is 51.0 Å². The molecule has 5 rings (SSSR count). The van der Waals surface area contributed by atoms with Crippen LogP contribution in [0.5, 0.6) is 0 Å². The summed E-state index contributed by atoms with van der Waals surface area (Å²) >= 11 is 0. The van der Waals surface area contributed by atoms with Crippen molar-refractivity contribution in [1.82, 2.24) is 9.13 Å². The molecule has 14 nitrogen and oxygen atoms in total. The van der Waals surface area contributed by atoms with E-state index in [2.05, 4.69) is 6.92 Å². The molecule has 3 heterocycles. The highest BCUT2D eigenvalue weighted by molar-refractivity contribution is 7.86. The fourth-order valence-electron chi connectivity index (χ4n) is 5.62. The highest BCUT2D eigenvalue weighted by Gasteiger charge is 2.32. The van der Waals surface area contributed by atoms with Gasteiger partial charge in [-0.2, -0.15) is 25.3 Å². The van der Waals surface area contributed by atoms with Crippen LogP contribution >= 0.6 is 0 Å². The molecule has 0 spiro atoms. The third kappa shape index (κ3) is 14.5. The molecular formula is C39H64N5O9S3+3. The number of hydrogen-bond acceptors (Lipinski definition) is 6. The minimum Gasteiger partial charge on any atom is -0.282 e. The monoisotopic (exact) mass is 842 g/mol. The summed E-state index contributed by atoms with van der Waals surface area (Å²) in [4.78, 5) is -0.0695. The average Bonchev–Trinajstić information content (AvgIpc) is 3.77. The van der Waals surface area contributed by atoms with Gasteiger partial charge >= 0.3 is 10.1 Å². The molecule has 0 amide bonds. The minimum absolute atomic E-state index is 0. The Bertz CT molecular complexity index is 2290. The average molecular weight is 843 g/mol. The molecule has 56 heavy (non-hydrogen) atoms. The second kappa shape index (κ2) is 21.0. The second-order valence-corrected chi connectivity index (χ2v) is 18.3. The lowest BCUT2D eigenvalue weighted by atomic mass is 10.0. The first-order valence-electron chi connectivity index (χ1n) is 16.9. The van der Waals surface area contributed by atoms with Crippen LogP contribution in [-0.4, -0.2) is 58.8 Å². The Morgan fingerprint density at radius 3 is 1.61 bits per heavy atom. The number of imidazole rings is 2. The van der Waals surface area contributed by atoms with Crippen molar-refractivity contribution in [1.29, 1.82) is 0 Å². The lowest BCUT2D eigenvalue weighted by Crippen LogP contribution is -2.28. The molecule has 0 radical (unpaired) electrons. The van der Waals surface area contributed by atoms with Gasteiger partial charge in [-0.3, -0.25) is 13.7 Å². The molecule has 2 unspecified atom stereocenters. The van der Waals surface area contributed by atoms with Crippen molar-refractivity contribution in [2.75, 3.05) is 0 Å². The number of aromatic nitrogens is 4. The van der Waals surface area contributed by atoms with Crippen molar-refractivity contribution in [3.05, 3.63) is 103 Å². The number of benzene rings is 2. The van der Waals surface area contributed by atoms with E-state index in [0.717, 1.165) is 11.1 Å². The zero-order chi connectivity index (χ0) is 40.1. The quantitative estimate of drug-likeness (QED) is 0.115. The van der Waals surface area contributed by atoms with Gasteiger partial charge < -0.3 is 0 Å². The first kappa shape index (κ1) is 52.0. The second-order valence-electron chi connectivity index (χ2n) is 14.0. The molecular weight excluding hydrogens is 779 g/mol. The summed E-state index contributed by atoms with van der Waals surface area (Å²) < 4.78 is 105. The van der Waals surface area contributed by atoms with Gasteiger partial charge in [0.1, 0.15) is 34.6 Å². The first-order valence-corrected chi connectivity index (χ1v) is 21.3. The maximum absolute atomic E-state index is 11.6. The highest BCUT2D eigenvalue weighted by atomic mass is 32.2. The van der Waals surface area contributed by atoms with E-state index in [4.69, 9.17) is 4.55 Å². The summed E-state index contributed by atoms with van der Waals surface area (Å²) in [5.74, 6) is 0.565. The Balaban J connectivity index is 0.000000801. The molecule has 1 aliphatic heterocycles. The highest BCUT2D eigenvalue weighted by Crippen LogP contribution is 2.26. The Morgan fingerprint density at radius 1 is 0.714 bits per heavy atom. The van der Waals surface area contributed by atoms with Crippen molar-refractivity contribution in [3.8, 4) is 5.69 Å².